The number of amides is 1. The van der Waals surface area contributed by atoms with E-state index in [1.165, 1.54) is 18.0 Å². The molecule has 0 saturated carbocycles. The molecule has 9 heteroatoms. The quantitative estimate of drug-likeness (QED) is 0.209. The van der Waals surface area contributed by atoms with Crippen LogP contribution in [-0.4, -0.2) is 27.8 Å². The van der Waals surface area contributed by atoms with Crippen molar-refractivity contribution >= 4 is 47.1 Å². The number of aromatic nitrogens is 2. The molecule has 2 aromatic carbocycles. The summed E-state index contributed by atoms with van der Waals surface area (Å²) in [6.45, 7) is 4.06. The average molecular weight is 475 g/mol. The normalized spacial score (nSPS) is 11.0. The highest BCUT2D eigenvalue weighted by molar-refractivity contribution is 7.99. The number of aryl methyl sites for hydroxylation is 2. The van der Waals surface area contributed by atoms with E-state index in [9.17, 15) is 4.79 Å². The first-order valence-corrected chi connectivity index (χ1v) is 11.1. The van der Waals surface area contributed by atoms with Crippen LogP contribution in [0, 0.1) is 13.8 Å². The number of rotatable bonds is 8. The molecule has 1 amide bonds. The summed E-state index contributed by atoms with van der Waals surface area (Å²) in [7, 11) is 0. The number of hydrogen-bond donors (Lipinski definition) is 1. The number of nitrogens with zero attached hydrogens (tertiary/aromatic N) is 3. The van der Waals surface area contributed by atoms with Crippen LogP contribution in [0.1, 0.15) is 22.5 Å². The van der Waals surface area contributed by atoms with E-state index in [2.05, 4.69) is 20.5 Å². The van der Waals surface area contributed by atoms with Crippen LogP contribution in [0.15, 0.2) is 58.8 Å². The third-order valence-electron chi connectivity index (χ3n) is 4.00. The standard InChI is InChI=1S/C22H20Cl2N4O2S/c1-14-9-15(2)27-22(26-14)31-13-21(29)28-25-11-16-5-3-4-6-20(16)30-12-17-7-8-18(23)10-19(17)24/h3-11H,12-13H2,1-2H3,(H,28,29)/b25-11-. The van der Waals surface area contributed by atoms with Gasteiger partial charge in [-0.25, -0.2) is 15.4 Å². The Labute approximate surface area is 195 Å². The van der Waals surface area contributed by atoms with Gasteiger partial charge in [0.25, 0.3) is 5.91 Å². The fourth-order valence-electron chi connectivity index (χ4n) is 2.61. The maximum Gasteiger partial charge on any atom is 0.250 e. The molecule has 0 saturated heterocycles. The largest absolute Gasteiger partial charge is 0.488 e. The Morgan fingerprint density at radius 3 is 2.61 bits per heavy atom. The Morgan fingerprint density at radius 1 is 1.13 bits per heavy atom. The summed E-state index contributed by atoms with van der Waals surface area (Å²) in [5.41, 5.74) is 5.78. The molecule has 0 atom stereocenters. The molecule has 1 aromatic heterocycles. The van der Waals surface area contributed by atoms with Crippen molar-refractivity contribution in [2.24, 2.45) is 5.10 Å². The van der Waals surface area contributed by atoms with Gasteiger partial charge in [-0.1, -0.05) is 53.2 Å². The molecule has 0 aliphatic rings. The Hall–Kier alpha value is -2.61. The molecular weight excluding hydrogens is 455 g/mol. The highest BCUT2D eigenvalue weighted by atomic mass is 35.5. The van der Waals surface area contributed by atoms with Gasteiger partial charge in [-0.15, -0.1) is 0 Å². The van der Waals surface area contributed by atoms with E-state index >= 15 is 0 Å². The van der Waals surface area contributed by atoms with Gasteiger partial charge in [-0.3, -0.25) is 4.79 Å². The molecule has 31 heavy (non-hydrogen) atoms. The maximum atomic E-state index is 12.1. The molecule has 0 spiro atoms. The number of thioether (sulfide) groups is 1. The molecule has 3 rings (SSSR count). The van der Waals surface area contributed by atoms with Crippen molar-refractivity contribution in [1.29, 1.82) is 0 Å². The molecule has 0 bridgehead atoms. The molecule has 0 radical (unpaired) electrons. The predicted molar refractivity (Wildman–Crippen MR) is 125 cm³/mol. The molecule has 0 aliphatic heterocycles. The summed E-state index contributed by atoms with van der Waals surface area (Å²) in [5, 5.41) is 5.70. The average Bonchev–Trinajstić information content (AvgIpc) is 2.72. The summed E-state index contributed by atoms with van der Waals surface area (Å²) in [4.78, 5) is 20.7. The summed E-state index contributed by atoms with van der Waals surface area (Å²) in [6, 6.07) is 14.5. The summed E-state index contributed by atoms with van der Waals surface area (Å²) in [6.07, 6.45) is 1.54. The lowest BCUT2D eigenvalue weighted by Gasteiger charge is -2.10. The number of carbonyl (C=O) groups is 1. The van der Waals surface area contributed by atoms with E-state index in [0.29, 0.717) is 21.0 Å². The van der Waals surface area contributed by atoms with Crippen LogP contribution in [0.3, 0.4) is 0 Å². The van der Waals surface area contributed by atoms with Gasteiger partial charge in [0, 0.05) is 32.6 Å². The Kier molecular flexibility index (Phi) is 8.28. The minimum atomic E-state index is -0.254. The number of halogens is 2. The molecule has 3 aromatic rings. The second-order valence-corrected chi connectivity index (χ2v) is 8.36. The lowest BCUT2D eigenvalue weighted by atomic mass is 10.2. The van der Waals surface area contributed by atoms with Crippen LogP contribution in [0.2, 0.25) is 10.0 Å². The van der Waals surface area contributed by atoms with Gasteiger partial charge in [0.2, 0.25) is 0 Å². The highest BCUT2D eigenvalue weighted by Crippen LogP contribution is 2.24. The predicted octanol–water partition coefficient (Wildman–Crippen LogP) is 5.22. The zero-order valence-electron chi connectivity index (χ0n) is 16.9. The van der Waals surface area contributed by atoms with Gasteiger partial charge >= 0.3 is 0 Å². The highest BCUT2D eigenvalue weighted by Gasteiger charge is 2.07. The minimum absolute atomic E-state index is 0.160. The van der Waals surface area contributed by atoms with E-state index in [1.807, 2.05) is 50.2 Å². The maximum absolute atomic E-state index is 12.1. The fourth-order valence-corrected chi connectivity index (χ4v) is 3.81. The first-order valence-electron chi connectivity index (χ1n) is 9.33. The molecular formula is C22H20Cl2N4O2S. The summed E-state index contributed by atoms with van der Waals surface area (Å²) < 4.78 is 5.88. The minimum Gasteiger partial charge on any atom is -0.488 e. The number of hydrazone groups is 1. The zero-order valence-corrected chi connectivity index (χ0v) is 19.3. The molecule has 0 fully saturated rings. The number of benzene rings is 2. The van der Waals surface area contributed by atoms with Crippen molar-refractivity contribution in [2.75, 3.05) is 5.75 Å². The summed E-state index contributed by atoms with van der Waals surface area (Å²) in [5.74, 6) is 0.521. The van der Waals surface area contributed by atoms with Gasteiger partial charge in [-0.2, -0.15) is 5.10 Å². The third-order valence-corrected chi connectivity index (χ3v) is 5.44. The van der Waals surface area contributed by atoms with Crippen molar-refractivity contribution in [1.82, 2.24) is 15.4 Å². The smallest absolute Gasteiger partial charge is 0.250 e. The van der Waals surface area contributed by atoms with Crippen molar-refractivity contribution in [3.63, 3.8) is 0 Å². The fraction of sp³-hybridized carbons (Fsp3) is 0.182. The van der Waals surface area contributed by atoms with Gasteiger partial charge in [-0.05, 0) is 44.2 Å². The van der Waals surface area contributed by atoms with E-state index in [1.54, 1.807) is 12.1 Å². The van der Waals surface area contributed by atoms with Crippen molar-refractivity contribution in [2.45, 2.75) is 25.6 Å². The van der Waals surface area contributed by atoms with Crippen molar-refractivity contribution in [3.8, 4) is 5.75 Å². The summed E-state index contributed by atoms with van der Waals surface area (Å²) >= 11 is 13.4. The number of para-hydroxylation sites is 1. The number of nitrogens with one attached hydrogen (secondary N) is 1. The van der Waals surface area contributed by atoms with Crippen LogP contribution in [0.5, 0.6) is 5.75 Å². The molecule has 160 valence electrons. The first-order chi connectivity index (χ1) is 14.9. The lowest BCUT2D eigenvalue weighted by Crippen LogP contribution is -2.20. The third kappa shape index (κ3) is 7.24. The van der Waals surface area contributed by atoms with E-state index in [0.717, 1.165) is 22.5 Å². The molecule has 0 aliphatic carbocycles. The van der Waals surface area contributed by atoms with Crippen molar-refractivity contribution < 1.29 is 9.53 Å². The first kappa shape index (κ1) is 23.1. The second-order valence-electron chi connectivity index (χ2n) is 6.58. The van der Waals surface area contributed by atoms with Crippen molar-refractivity contribution in [3.05, 3.63) is 81.1 Å². The Morgan fingerprint density at radius 2 is 1.87 bits per heavy atom. The number of carbonyl (C=O) groups excluding carboxylic acids is 1. The van der Waals surface area contributed by atoms with E-state index in [-0.39, 0.29) is 18.3 Å². The van der Waals surface area contributed by atoms with Gasteiger partial charge in [0.1, 0.15) is 12.4 Å². The van der Waals surface area contributed by atoms with Crippen LogP contribution in [-0.2, 0) is 11.4 Å². The van der Waals surface area contributed by atoms with Crippen LogP contribution >= 0.6 is 35.0 Å². The zero-order chi connectivity index (χ0) is 22.2. The topological polar surface area (TPSA) is 76.5 Å². The molecule has 1 N–H and O–H groups in total. The molecule has 6 nitrogen and oxygen atoms in total. The lowest BCUT2D eigenvalue weighted by molar-refractivity contribution is -0.118. The monoisotopic (exact) mass is 474 g/mol. The molecule has 0 unspecified atom stereocenters. The van der Waals surface area contributed by atoms with Gasteiger partial charge in [0.05, 0.1) is 12.0 Å². The Bertz CT molecular complexity index is 1090. The molecule has 1 heterocycles. The van der Waals surface area contributed by atoms with E-state index in [4.69, 9.17) is 27.9 Å². The second kappa shape index (κ2) is 11.1. The van der Waals surface area contributed by atoms with Gasteiger partial charge < -0.3 is 4.74 Å². The SMILES string of the molecule is Cc1cc(C)nc(SCC(=O)N/N=C\c2ccccc2OCc2ccc(Cl)cc2Cl)n1. The van der Waals surface area contributed by atoms with Crippen LogP contribution in [0.25, 0.3) is 0 Å². The van der Waals surface area contributed by atoms with Crippen LogP contribution in [0.4, 0.5) is 0 Å². The van der Waals surface area contributed by atoms with E-state index < -0.39 is 0 Å². The number of ether oxygens (including phenoxy) is 1. The Balaban J connectivity index is 1.55. The van der Waals surface area contributed by atoms with Gasteiger partial charge in [0.15, 0.2) is 5.16 Å². The number of hydrogen-bond acceptors (Lipinski definition) is 6. The van der Waals surface area contributed by atoms with Crippen LogP contribution < -0.4 is 10.2 Å².